The van der Waals surface area contributed by atoms with Crippen molar-refractivity contribution >= 4 is 27.5 Å². The second kappa shape index (κ2) is 7.36. The van der Waals surface area contributed by atoms with Crippen molar-refractivity contribution in [1.82, 2.24) is 10.3 Å². The van der Waals surface area contributed by atoms with E-state index in [0.717, 1.165) is 0 Å². The molecule has 3 N–H and O–H groups in total. The molecule has 1 aromatic carbocycles. The van der Waals surface area contributed by atoms with E-state index in [4.69, 9.17) is 9.15 Å². The number of methoxy groups -OCH3 is 1. The molecule has 9 nitrogen and oxygen atoms in total. The van der Waals surface area contributed by atoms with Crippen molar-refractivity contribution in [3.05, 3.63) is 41.9 Å². The van der Waals surface area contributed by atoms with Gasteiger partial charge in [-0.2, -0.15) is 0 Å². The predicted molar refractivity (Wildman–Crippen MR) is 88.5 cm³/mol. The Kier molecular flexibility index (Phi) is 5.45. The van der Waals surface area contributed by atoms with Crippen LogP contribution in [-0.2, 0) is 14.8 Å². The second-order valence-corrected chi connectivity index (χ2v) is 6.68. The number of rotatable bonds is 6. The topological polar surface area (TPSA) is 127 Å². The first-order chi connectivity index (χ1) is 11.7. The summed E-state index contributed by atoms with van der Waals surface area (Å²) in [5.74, 6) is -0.392. The lowest BCUT2D eigenvalue weighted by molar-refractivity contribution is -0.114. The molecule has 1 aromatic heterocycles. The molecule has 0 aliphatic heterocycles. The molecule has 0 spiro atoms. The number of hydrazine groups is 1. The van der Waals surface area contributed by atoms with Gasteiger partial charge in [-0.15, -0.1) is 4.83 Å². The number of benzene rings is 1. The summed E-state index contributed by atoms with van der Waals surface area (Å²) in [5, 5.41) is 2.48. The summed E-state index contributed by atoms with van der Waals surface area (Å²) < 4.78 is 34.7. The summed E-state index contributed by atoms with van der Waals surface area (Å²) in [6.07, 6.45) is 1.32. The van der Waals surface area contributed by atoms with E-state index in [1.807, 2.05) is 4.83 Å². The highest BCUT2D eigenvalue weighted by atomic mass is 32.2. The number of carbonyl (C=O) groups excluding carboxylic acids is 2. The molecule has 25 heavy (non-hydrogen) atoms. The summed E-state index contributed by atoms with van der Waals surface area (Å²) in [6, 6.07) is 5.31. The lowest BCUT2D eigenvalue weighted by atomic mass is 10.2. The van der Waals surface area contributed by atoms with E-state index in [1.165, 1.54) is 44.6 Å². The Bertz CT molecular complexity index is 904. The van der Waals surface area contributed by atoms with Crippen LogP contribution in [-0.4, -0.2) is 27.3 Å². The van der Waals surface area contributed by atoms with Crippen LogP contribution in [0, 0.1) is 6.92 Å². The fraction of sp³-hybridized carbons (Fsp3) is 0.200. The zero-order chi connectivity index (χ0) is 18.6. The van der Waals surface area contributed by atoms with Gasteiger partial charge in [0.15, 0.2) is 0 Å². The Morgan fingerprint density at radius 1 is 1.20 bits per heavy atom. The molecule has 0 radical (unpaired) electrons. The van der Waals surface area contributed by atoms with Gasteiger partial charge in [-0.05, 0) is 31.2 Å². The van der Waals surface area contributed by atoms with E-state index in [-0.39, 0.29) is 22.1 Å². The summed E-state index contributed by atoms with van der Waals surface area (Å²) in [5.41, 5.74) is 2.49. The normalized spacial score (nSPS) is 11.0. The first-order valence-electron chi connectivity index (χ1n) is 7.06. The first kappa shape index (κ1) is 18.5. The average Bonchev–Trinajstić information content (AvgIpc) is 2.98. The minimum Gasteiger partial charge on any atom is -0.495 e. The van der Waals surface area contributed by atoms with Crippen LogP contribution in [0.1, 0.15) is 23.0 Å². The number of ether oxygens (including phenoxy) is 1. The molecule has 0 atom stereocenters. The van der Waals surface area contributed by atoms with Crippen molar-refractivity contribution in [2.45, 2.75) is 18.7 Å². The van der Waals surface area contributed by atoms with Gasteiger partial charge in [0.1, 0.15) is 11.5 Å². The van der Waals surface area contributed by atoms with Crippen molar-refractivity contribution in [2.24, 2.45) is 0 Å². The molecule has 0 bridgehead atoms. The Labute approximate surface area is 144 Å². The zero-order valence-corrected chi connectivity index (χ0v) is 14.6. The largest absolute Gasteiger partial charge is 0.495 e. The standard InChI is InChI=1S/C15H17N3O6S/c1-9-12(6-7-24-9)15(20)17-18-25(21,22)11-4-5-14(23-3)13(8-11)16-10(2)19/h4-8,18H,1-3H3,(H,16,19)(H,17,20). The van der Waals surface area contributed by atoms with E-state index in [1.54, 1.807) is 6.92 Å². The quantitative estimate of drug-likeness (QED) is 0.658. The van der Waals surface area contributed by atoms with Crippen molar-refractivity contribution in [3.8, 4) is 5.75 Å². The molecular formula is C15H17N3O6S. The van der Waals surface area contributed by atoms with Gasteiger partial charge in [0.05, 0.1) is 29.5 Å². The monoisotopic (exact) mass is 367 g/mol. The van der Waals surface area contributed by atoms with Crippen molar-refractivity contribution in [2.75, 3.05) is 12.4 Å². The van der Waals surface area contributed by atoms with Crippen molar-refractivity contribution < 1.29 is 27.2 Å². The number of carbonyl (C=O) groups is 2. The maximum atomic E-state index is 12.3. The first-order valence-corrected chi connectivity index (χ1v) is 8.55. The molecule has 2 amide bonds. The predicted octanol–water partition coefficient (Wildman–Crippen LogP) is 1.18. The van der Waals surface area contributed by atoms with Gasteiger partial charge in [-0.25, -0.2) is 8.42 Å². The zero-order valence-electron chi connectivity index (χ0n) is 13.7. The van der Waals surface area contributed by atoms with Crippen LogP contribution in [0.3, 0.4) is 0 Å². The number of hydrogen-bond acceptors (Lipinski definition) is 6. The van der Waals surface area contributed by atoms with Gasteiger partial charge in [0, 0.05) is 6.92 Å². The van der Waals surface area contributed by atoms with Crippen LogP contribution >= 0.6 is 0 Å². The van der Waals surface area contributed by atoms with Crippen LogP contribution in [0.25, 0.3) is 0 Å². The summed E-state index contributed by atoms with van der Waals surface area (Å²) in [7, 11) is -2.67. The third-order valence-corrected chi connectivity index (χ3v) is 4.44. The van der Waals surface area contributed by atoms with Crippen LogP contribution in [0.2, 0.25) is 0 Å². The van der Waals surface area contributed by atoms with Gasteiger partial charge in [0.2, 0.25) is 5.91 Å². The minimum atomic E-state index is -4.06. The fourth-order valence-electron chi connectivity index (χ4n) is 2.00. The summed E-state index contributed by atoms with van der Waals surface area (Å²) in [4.78, 5) is 25.0. The third kappa shape index (κ3) is 4.37. The lowest BCUT2D eigenvalue weighted by Gasteiger charge is -2.12. The molecule has 0 fully saturated rings. The molecule has 1 heterocycles. The van der Waals surface area contributed by atoms with Crippen LogP contribution in [0.4, 0.5) is 5.69 Å². The molecule has 2 rings (SSSR count). The van der Waals surface area contributed by atoms with E-state index in [9.17, 15) is 18.0 Å². The van der Waals surface area contributed by atoms with Gasteiger partial charge in [0.25, 0.3) is 15.9 Å². The van der Waals surface area contributed by atoms with Gasteiger partial charge in [-0.3, -0.25) is 15.0 Å². The number of anilines is 1. The molecule has 0 aliphatic rings. The Balaban J connectivity index is 2.20. The number of nitrogens with one attached hydrogen (secondary N) is 3. The maximum absolute atomic E-state index is 12.3. The van der Waals surface area contributed by atoms with Crippen LogP contribution < -0.4 is 20.3 Å². The maximum Gasteiger partial charge on any atom is 0.269 e. The number of amides is 2. The highest BCUT2D eigenvalue weighted by Gasteiger charge is 2.19. The highest BCUT2D eigenvalue weighted by molar-refractivity contribution is 7.89. The molecule has 0 aliphatic carbocycles. The van der Waals surface area contributed by atoms with Crippen molar-refractivity contribution in [1.29, 1.82) is 0 Å². The second-order valence-electron chi connectivity index (χ2n) is 4.99. The SMILES string of the molecule is COc1ccc(S(=O)(=O)NNC(=O)c2ccoc2C)cc1NC(C)=O. The van der Waals surface area contributed by atoms with Gasteiger partial charge >= 0.3 is 0 Å². The Hall–Kier alpha value is -2.85. The van der Waals surface area contributed by atoms with E-state index in [0.29, 0.717) is 11.5 Å². The van der Waals surface area contributed by atoms with Crippen LogP contribution in [0.5, 0.6) is 5.75 Å². The highest BCUT2D eigenvalue weighted by Crippen LogP contribution is 2.27. The average molecular weight is 367 g/mol. The van der Waals surface area contributed by atoms with Gasteiger partial charge in [-0.1, -0.05) is 0 Å². The Morgan fingerprint density at radius 3 is 2.48 bits per heavy atom. The fourth-order valence-corrected chi connectivity index (χ4v) is 2.87. The molecule has 0 saturated carbocycles. The van der Waals surface area contributed by atoms with Crippen molar-refractivity contribution in [3.63, 3.8) is 0 Å². The van der Waals surface area contributed by atoms with E-state index >= 15 is 0 Å². The number of sulfonamides is 1. The smallest absolute Gasteiger partial charge is 0.269 e. The molecule has 2 aromatic rings. The molecular weight excluding hydrogens is 350 g/mol. The molecule has 10 heteroatoms. The lowest BCUT2D eigenvalue weighted by Crippen LogP contribution is -2.41. The summed E-state index contributed by atoms with van der Waals surface area (Å²) in [6.45, 7) is 2.86. The van der Waals surface area contributed by atoms with E-state index < -0.39 is 15.9 Å². The minimum absolute atomic E-state index is 0.165. The number of furan rings is 1. The van der Waals surface area contributed by atoms with Crippen LogP contribution in [0.15, 0.2) is 39.8 Å². The Morgan fingerprint density at radius 2 is 1.92 bits per heavy atom. The molecule has 0 unspecified atom stereocenters. The van der Waals surface area contributed by atoms with Gasteiger partial charge < -0.3 is 14.5 Å². The third-order valence-electron chi connectivity index (χ3n) is 3.19. The molecule has 134 valence electrons. The molecule has 0 saturated heterocycles. The van der Waals surface area contributed by atoms with E-state index in [2.05, 4.69) is 10.7 Å². The number of hydrogen-bond donors (Lipinski definition) is 3. The number of aryl methyl sites for hydroxylation is 1. The summed E-state index contributed by atoms with van der Waals surface area (Å²) >= 11 is 0.